The van der Waals surface area contributed by atoms with Gasteiger partial charge in [0.1, 0.15) is 5.71 Å². The van der Waals surface area contributed by atoms with Gasteiger partial charge in [-0.1, -0.05) is 94.2 Å². The summed E-state index contributed by atoms with van der Waals surface area (Å²) in [6.45, 7) is 13.9. The Bertz CT molecular complexity index is 1880. The van der Waals surface area contributed by atoms with Crippen LogP contribution in [0.1, 0.15) is 81.2 Å². The number of nitrogens with zero attached hydrogens (tertiary/aromatic N) is 2. The molecule has 1 fully saturated rings. The molecule has 8 rings (SSSR count). The summed E-state index contributed by atoms with van der Waals surface area (Å²) in [6.07, 6.45) is 3.04. The SMILES string of the molecule is COC1(O)C2c3cc4ccccc4cc3C3=[N+](C=NC4C3c3c(c(CC(C)(C)C)cc5ccccc35)C4(C)C)C21C. The van der Waals surface area contributed by atoms with Crippen molar-refractivity contribution < 1.29 is 14.4 Å². The van der Waals surface area contributed by atoms with Crippen molar-refractivity contribution in [2.45, 2.75) is 82.6 Å². The van der Waals surface area contributed by atoms with Gasteiger partial charge < -0.3 is 9.84 Å². The van der Waals surface area contributed by atoms with Crippen molar-refractivity contribution in [3.05, 3.63) is 94.5 Å². The second kappa shape index (κ2) is 7.73. The van der Waals surface area contributed by atoms with Gasteiger partial charge in [-0.05, 0) is 74.7 Å². The van der Waals surface area contributed by atoms with Crippen LogP contribution in [-0.4, -0.2) is 46.2 Å². The first-order valence-corrected chi connectivity index (χ1v) is 15.0. The summed E-state index contributed by atoms with van der Waals surface area (Å²) in [7, 11) is 1.63. The summed E-state index contributed by atoms with van der Waals surface area (Å²) in [5, 5.41) is 17.0. The molecule has 208 valence electrons. The summed E-state index contributed by atoms with van der Waals surface area (Å²) in [4.78, 5) is 5.36. The number of aliphatic imine (C=N–C) groups is 1. The van der Waals surface area contributed by atoms with Crippen LogP contribution in [-0.2, 0) is 16.6 Å². The smallest absolute Gasteiger partial charge is 0.281 e. The van der Waals surface area contributed by atoms with E-state index in [1.807, 2.05) is 6.34 Å². The number of fused-ring (bicyclic) bond motifs is 12. The molecule has 41 heavy (non-hydrogen) atoms. The quantitative estimate of drug-likeness (QED) is 0.217. The van der Waals surface area contributed by atoms with Gasteiger partial charge in [-0.3, -0.25) is 0 Å². The molecule has 0 spiro atoms. The Labute approximate surface area is 242 Å². The minimum atomic E-state index is -1.29. The molecule has 4 aliphatic rings. The van der Waals surface area contributed by atoms with Crippen molar-refractivity contribution >= 4 is 33.6 Å². The van der Waals surface area contributed by atoms with Gasteiger partial charge in [0.25, 0.3) is 6.34 Å². The number of ether oxygens (including phenoxy) is 1. The second-order valence-electron chi connectivity index (χ2n) is 14.7. The maximum atomic E-state index is 12.0. The third-order valence-electron chi connectivity index (χ3n) is 10.7. The standard InChI is InChI=1S/C37H39N2O2/c1-34(2,3)19-24-16-23-14-10-11-15-25(23)28-29-31-26-17-21-12-8-9-13-22(21)18-27(26)32-36(6,37(32,40)41-7)39(31)20-38-33(29)35(4,5)30(24)28/h8-18,20,29,32-33,40H,19H2,1-7H3/q+1. The molecule has 0 radical (unpaired) electrons. The molecule has 5 unspecified atom stereocenters. The zero-order valence-electron chi connectivity index (χ0n) is 25.1. The number of methoxy groups -OCH3 is 1. The lowest BCUT2D eigenvalue weighted by atomic mass is 9.75. The van der Waals surface area contributed by atoms with Gasteiger partial charge in [-0.15, -0.1) is 0 Å². The second-order valence-corrected chi connectivity index (χ2v) is 14.7. The molecule has 1 saturated carbocycles. The molecule has 5 atom stereocenters. The average molecular weight is 544 g/mol. The van der Waals surface area contributed by atoms with Crippen LogP contribution in [0.2, 0.25) is 0 Å². The Morgan fingerprint density at radius 2 is 1.59 bits per heavy atom. The third-order valence-corrected chi connectivity index (χ3v) is 10.7. The van der Waals surface area contributed by atoms with E-state index in [2.05, 4.69) is 113 Å². The van der Waals surface area contributed by atoms with Gasteiger partial charge in [0.05, 0.1) is 11.8 Å². The molecular formula is C37H39N2O2+. The minimum Gasteiger partial charge on any atom is -0.361 e. The summed E-state index contributed by atoms with van der Waals surface area (Å²) in [5.41, 5.74) is 7.32. The number of benzene rings is 4. The van der Waals surface area contributed by atoms with Gasteiger partial charge in [-0.2, -0.15) is 0 Å². The predicted molar refractivity (Wildman–Crippen MR) is 167 cm³/mol. The Balaban J connectivity index is 1.49. The van der Waals surface area contributed by atoms with Gasteiger partial charge in [0.15, 0.2) is 11.6 Å². The fourth-order valence-corrected chi connectivity index (χ4v) is 8.95. The summed E-state index contributed by atoms with van der Waals surface area (Å²) < 4.78 is 8.21. The lowest BCUT2D eigenvalue weighted by Gasteiger charge is -2.32. The number of aliphatic hydroxyl groups is 1. The highest BCUT2D eigenvalue weighted by Gasteiger charge is 2.84. The van der Waals surface area contributed by atoms with Crippen molar-refractivity contribution in [1.29, 1.82) is 0 Å². The first-order valence-electron chi connectivity index (χ1n) is 15.0. The predicted octanol–water partition coefficient (Wildman–Crippen LogP) is 7.07. The highest BCUT2D eigenvalue weighted by molar-refractivity contribution is 6.12. The van der Waals surface area contributed by atoms with Crippen LogP contribution in [0.4, 0.5) is 0 Å². The van der Waals surface area contributed by atoms with E-state index in [1.165, 1.54) is 55.1 Å². The minimum absolute atomic E-state index is 0.0575. The molecule has 0 aromatic heterocycles. The zero-order valence-corrected chi connectivity index (χ0v) is 25.1. The summed E-state index contributed by atoms with van der Waals surface area (Å²) >= 11 is 0. The largest absolute Gasteiger partial charge is 0.361 e. The van der Waals surface area contributed by atoms with Crippen LogP contribution >= 0.6 is 0 Å². The first-order chi connectivity index (χ1) is 19.4. The number of hydrogen-bond donors (Lipinski definition) is 1. The van der Waals surface area contributed by atoms with Crippen LogP contribution in [0, 0.1) is 5.41 Å². The summed E-state index contributed by atoms with van der Waals surface area (Å²) in [6, 6.07) is 24.6. The molecule has 4 aromatic carbocycles. The molecule has 4 aromatic rings. The third kappa shape index (κ3) is 3.02. The van der Waals surface area contributed by atoms with E-state index < -0.39 is 11.3 Å². The molecule has 0 bridgehead atoms. The average Bonchev–Trinajstić information content (AvgIpc) is 3.34. The maximum Gasteiger partial charge on any atom is 0.281 e. The lowest BCUT2D eigenvalue weighted by Crippen LogP contribution is -2.48. The van der Waals surface area contributed by atoms with Gasteiger partial charge in [0, 0.05) is 18.1 Å². The van der Waals surface area contributed by atoms with E-state index >= 15 is 0 Å². The molecule has 2 aliphatic heterocycles. The van der Waals surface area contributed by atoms with Gasteiger partial charge in [-0.25, -0.2) is 4.58 Å². The van der Waals surface area contributed by atoms with Crippen molar-refractivity contribution in [1.82, 2.24) is 0 Å². The number of rotatable bonds is 2. The van der Waals surface area contributed by atoms with Crippen LogP contribution < -0.4 is 0 Å². The Morgan fingerprint density at radius 3 is 2.27 bits per heavy atom. The normalized spacial score (nSPS) is 30.6. The van der Waals surface area contributed by atoms with Crippen LogP contribution in [0.5, 0.6) is 0 Å². The van der Waals surface area contributed by atoms with E-state index in [0.717, 1.165) is 6.42 Å². The molecule has 0 amide bonds. The van der Waals surface area contributed by atoms with Crippen molar-refractivity contribution in [2.75, 3.05) is 7.11 Å². The lowest BCUT2D eigenvalue weighted by molar-refractivity contribution is -0.488. The van der Waals surface area contributed by atoms with Crippen LogP contribution in [0.3, 0.4) is 0 Å². The molecule has 2 heterocycles. The van der Waals surface area contributed by atoms with E-state index in [0.29, 0.717) is 0 Å². The number of hydrogen-bond acceptors (Lipinski definition) is 3. The Morgan fingerprint density at radius 1 is 0.927 bits per heavy atom. The molecule has 4 nitrogen and oxygen atoms in total. The van der Waals surface area contributed by atoms with E-state index in [9.17, 15) is 5.11 Å². The highest BCUT2D eigenvalue weighted by atomic mass is 16.6. The van der Waals surface area contributed by atoms with Crippen LogP contribution in [0.15, 0.2) is 71.7 Å². The van der Waals surface area contributed by atoms with E-state index in [4.69, 9.17) is 9.73 Å². The Kier molecular flexibility index (Phi) is 4.78. The fourth-order valence-electron chi connectivity index (χ4n) is 8.95. The highest BCUT2D eigenvalue weighted by Crippen LogP contribution is 2.67. The van der Waals surface area contributed by atoms with Crippen molar-refractivity contribution in [3.63, 3.8) is 0 Å². The first kappa shape index (κ1) is 25.4. The Hall–Kier alpha value is -3.34. The molecule has 1 N–H and O–H groups in total. The van der Waals surface area contributed by atoms with Crippen molar-refractivity contribution in [2.24, 2.45) is 10.4 Å². The molecular weight excluding hydrogens is 504 g/mol. The maximum absolute atomic E-state index is 12.0. The molecule has 0 saturated heterocycles. The summed E-state index contributed by atoms with van der Waals surface area (Å²) in [5.74, 6) is -1.39. The topological polar surface area (TPSA) is 44.8 Å². The van der Waals surface area contributed by atoms with E-state index in [-0.39, 0.29) is 28.7 Å². The zero-order chi connectivity index (χ0) is 28.7. The monoisotopic (exact) mass is 543 g/mol. The fraction of sp³-hybridized carbons (Fsp3) is 0.405. The van der Waals surface area contributed by atoms with Crippen molar-refractivity contribution in [3.8, 4) is 0 Å². The van der Waals surface area contributed by atoms with Gasteiger partial charge in [0.2, 0.25) is 5.79 Å². The van der Waals surface area contributed by atoms with Gasteiger partial charge >= 0.3 is 0 Å². The van der Waals surface area contributed by atoms with Crippen LogP contribution in [0.25, 0.3) is 21.5 Å². The molecule has 4 heteroatoms. The molecule has 2 aliphatic carbocycles. The van der Waals surface area contributed by atoms with E-state index in [1.54, 1.807) is 7.11 Å².